The number of nitrogens with zero attached hydrogens (tertiary/aromatic N) is 1. The van der Waals surface area contributed by atoms with Crippen molar-refractivity contribution in [1.82, 2.24) is 10.2 Å². The van der Waals surface area contributed by atoms with E-state index in [1.807, 2.05) is 12.1 Å². The molecule has 0 bridgehead atoms. The van der Waals surface area contributed by atoms with E-state index in [0.717, 1.165) is 12.1 Å². The highest BCUT2D eigenvalue weighted by atomic mass is 16.3. The number of hydrogen-bond acceptors (Lipinski definition) is 3. The van der Waals surface area contributed by atoms with E-state index in [0.29, 0.717) is 18.5 Å². The van der Waals surface area contributed by atoms with Crippen LogP contribution in [0, 0.1) is 0 Å². The summed E-state index contributed by atoms with van der Waals surface area (Å²) >= 11 is 0. The Balaban J connectivity index is 1.77. The van der Waals surface area contributed by atoms with Crippen molar-refractivity contribution in [2.75, 3.05) is 26.7 Å². The molecule has 20 heavy (non-hydrogen) atoms. The van der Waals surface area contributed by atoms with E-state index in [2.05, 4.69) is 43.2 Å². The summed E-state index contributed by atoms with van der Waals surface area (Å²) in [5.41, 5.74) is 2.32. The van der Waals surface area contributed by atoms with Gasteiger partial charge in [0.1, 0.15) is 0 Å². The molecule has 0 aliphatic carbocycles. The highest BCUT2D eigenvalue weighted by molar-refractivity contribution is 5.26. The summed E-state index contributed by atoms with van der Waals surface area (Å²) in [4.78, 5) is 2.40. The van der Waals surface area contributed by atoms with Gasteiger partial charge in [0.25, 0.3) is 0 Å². The minimum Gasteiger partial charge on any atom is -0.387 e. The zero-order valence-corrected chi connectivity index (χ0v) is 13.0. The highest BCUT2D eigenvalue weighted by Gasteiger charge is 2.20. The van der Waals surface area contributed by atoms with Crippen molar-refractivity contribution in [2.24, 2.45) is 0 Å². The maximum atomic E-state index is 10.2. The van der Waals surface area contributed by atoms with Gasteiger partial charge < -0.3 is 15.3 Å². The molecular formula is C17H28N2O. The second-order valence-electron chi connectivity index (χ2n) is 6.27. The first-order chi connectivity index (χ1) is 9.58. The van der Waals surface area contributed by atoms with Crippen LogP contribution in [0.3, 0.4) is 0 Å². The average Bonchev–Trinajstić information content (AvgIpc) is 2.84. The highest BCUT2D eigenvalue weighted by Crippen LogP contribution is 2.19. The smallest absolute Gasteiger partial charge is 0.0914 e. The summed E-state index contributed by atoms with van der Waals surface area (Å²) < 4.78 is 0. The Morgan fingerprint density at radius 1 is 1.25 bits per heavy atom. The number of likely N-dealkylation sites (tertiary alicyclic amines) is 1. The Kier molecular flexibility index (Phi) is 5.58. The van der Waals surface area contributed by atoms with Crippen LogP contribution in [0.5, 0.6) is 0 Å². The number of benzene rings is 1. The van der Waals surface area contributed by atoms with Gasteiger partial charge in [-0.2, -0.15) is 0 Å². The Hall–Kier alpha value is -0.900. The number of likely N-dealkylation sites (N-methyl/N-ethyl adjacent to an activating group) is 1. The largest absolute Gasteiger partial charge is 0.387 e. The lowest BCUT2D eigenvalue weighted by molar-refractivity contribution is 0.170. The van der Waals surface area contributed by atoms with Crippen LogP contribution in [0.15, 0.2) is 24.3 Å². The van der Waals surface area contributed by atoms with Crippen LogP contribution in [0.25, 0.3) is 0 Å². The third kappa shape index (κ3) is 4.05. The summed E-state index contributed by atoms with van der Waals surface area (Å²) in [7, 11) is 2.18. The van der Waals surface area contributed by atoms with Crippen molar-refractivity contribution < 1.29 is 5.11 Å². The predicted octanol–water partition coefficient (Wildman–Crippen LogP) is 2.53. The van der Waals surface area contributed by atoms with Crippen LogP contribution in [-0.2, 0) is 0 Å². The molecule has 0 aromatic heterocycles. The minimum absolute atomic E-state index is 0.414. The SMILES string of the molecule is CC(C)c1ccc(C(O)CNCC2CCCN2C)cc1. The second kappa shape index (κ2) is 7.21. The molecule has 3 heteroatoms. The summed E-state index contributed by atoms with van der Waals surface area (Å²) in [5, 5.41) is 13.6. The fourth-order valence-electron chi connectivity index (χ4n) is 2.84. The van der Waals surface area contributed by atoms with Crippen LogP contribution in [0.4, 0.5) is 0 Å². The molecule has 1 saturated heterocycles. The normalized spacial score (nSPS) is 21.6. The van der Waals surface area contributed by atoms with Crippen LogP contribution in [0.2, 0.25) is 0 Å². The van der Waals surface area contributed by atoms with Gasteiger partial charge in [-0.05, 0) is 43.5 Å². The van der Waals surface area contributed by atoms with Crippen LogP contribution in [0.1, 0.15) is 49.8 Å². The summed E-state index contributed by atoms with van der Waals surface area (Å²) in [5.74, 6) is 0.539. The number of nitrogens with one attached hydrogen (secondary N) is 1. The van der Waals surface area contributed by atoms with Gasteiger partial charge in [0.15, 0.2) is 0 Å². The van der Waals surface area contributed by atoms with Gasteiger partial charge in [-0.15, -0.1) is 0 Å². The third-order valence-electron chi connectivity index (χ3n) is 4.38. The molecule has 2 N–H and O–H groups in total. The molecule has 2 unspecified atom stereocenters. The molecule has 0 spiro atoms. The van der Waals surface area contributed by atoms with Crippen molar-refractivity contribution in [3.63, 3.8) is 0 Å². The van der Waals surface area contributed by atoms with Crippen molar-refractivity contribution >= 4 is 0 Å². The van der Waals surface area contributed by atoms with Gasteiger partial charge >= 0.3 is 0 Å². The fraction of sp³-hybridized carbons (Fsp3) is 0.647. The van der Waals surface area contributed by atoms with E-state index in [-0.39, 0.29) is 0 Å². The lowest BCUT2D eigenvalue weighted by Gasteiger charge is -2.21. The summed E-state index contributed by atoms with van der Waals surface area (Å²) in [6, 6.07) is 8.96. The Morgan fingerprint density at radius 3 is 2.45 bits per heavy atom. The zero-order chi connectivity index (χ0) is 14.5. The minimum atomic E-state index is -0.414. The topological polar surface area (TPSA) is 35.5 Å². The van der Waals surface area contributed by atoms with E-state index in [9.17, 15) is 5.11 Å². The van der Waals surface area contributed by atoms with Crippen molar-refractivity contribution in [3.8, 4) is 0 Å². The second-order valence-corrected chi connectivity index (χ2v) is 6.27. The molecule has 1 aliphatic heterocycles. The monoisotopic (exact) mass is 276 g/mol. The Morgan fingerprint density at radius 2 is 1.90 bits per heavy atom. The Bertz CT molecular complexity index is 402. The van der Waals surface area contributed by atoms with Gasteiger partial charge in [-0.25, -0.2) is 0 Å². The Labute approximate surface area is 123 Å². The molecule has 0 saturated carbocycles. The molecule has 0 amide bonds. The van der Waals surface area contributed by atoms with E-state index in [1.165, 1.54) is 24.9 Å². The van der Waals surface area contributed by atoms with Crippen LogP contribution < -0.4 is 5.32 Å². The third-order valence-corrected chi connectivity index (χ3v) is 4.38. The molecule has 1 fully saturated rings. The zero-order valence-electron chi connectivity index (χ0n) is 13.0. The molecule has 3 nitrogen and oxygen atoms in total. The number of hydrogen-bond donors (Lipinski definition) is 2. The van der Waals surface area contributed by atoms with Gasteiger partial charge in [0.05, 0.1) is 6.10 Å². The molecular weight excluding hydrogens is 248 g/mol. The number of aliphatic hydroxyl groups excluding tert-OH is 1. The molecule has 2 atom stereocenters. The van der Waals surface area contributed by atoms with Gasteiger partial charge in [-0.1, -0.05) is 38.1 Å². The van der Waals surface area contributed by atoms with Crippen molar-refractivity contribution in [3.05, 3.63) is 35.4 Å². The molecule has 0 radical (unpaired) electrons. The first-order valence-electron chi connectivity index (χ1n) is 7.77. The lowest BCUT2D eigenvalue weighted by atomic mass is 10.00. The first kappa shape index (κ1) is 15.5. The summed E-state index contributed by atoms with van der Waals surface area (Å²) in [6.07, 6.45) is 2.15. The predicted molar refractivity (Wildman–Crippen MR) is 84.0 cm³/mol. The number of rotatable bonds is 6. The van der Waals surface area contributed by atoms with Gasteiger partial charge in [0, 0.05) is 19.1 Å². The quantitative estimate of drug-likeness (QED) is 0.838. The van der Waals surface area contributed by atoms with Crippen molar-refractivity contribution in [2.45, 2.75) is 44.8 Å². The molecule has 1 aromatic carbocycles. The molecule has 2 rings (SSSR count). The maximum absolute atomic E-state index is 10.2. The molecule has 1 heterocycles. The van der Waals surface area contributed by atoms with Crippen LogP contribution in [-0.4, -0.2) is 42.7 Å². The summed E-state index contributed by atoms with van der Waals surface area (Å²) in [6.45, 7) is 7.17. The lowest BCUT2D eigenvalue weighted by Crippen LogP contribution is -2.37. The number of aliphatic hydroxyl groups is 1. The molecule has 1 aliphatic rings. The fourth-order valence-corrected chi connectivity index (χ4v) is 2.84. The van der Waals surface area contributed by atoms with E-state index >= 15 is 0 Å². The van der Waals surface area contributed by atoms with Gasteiger partial charge in [-0.3, -0.25) is 0 Å². The van der Waals surface area contributed by atoms with E-state index in [1.54, 1.807) is 0 Å². The van der Waals surface area contributed by atoms with Gasteiger partial charge in [0.2, 0.25) is 0 Å². The first-order valence-corrected chi connectivity index (χ1v) is 7.77. The maximum Gasteiger partial charge on any atom is 0.0914 e. The molecule has 1 aromatic rings. The van der Waals surface area contributed by atoms with Crippen LogP contribution >= 0.6 is 0 Å². The van der Waals surface area contributed by atoms with Crippen molar-refractivity contribution in [1.29, 1.82) is 0 Å². The average molecular weight is 276 g/mol. The van der Waals surface area contributed by atoms with E-state index in [4.69, 9.17) is 0 Å². The molecule has 112 valence electrons. The standard InChI is InChI=1S/C17H28N2O/c1-13(2)14-6-8-15(9-7-14)17(20)12-18-11-16-5-4-10-19(16)3/h6-9,13,16-18,20H,4-5,10-12H2,1-3H3. The van der Waals surface area contributed by atoms with E-state index < -0.39 is 6.10 Å².